The summed E-state index contributed by atoms with van der Waals surface area (Å²) in [5.41, 5.74) is 0.422. The number of hydrogen-bond donors (Lipinski definition) is 2. The summed E-state index contributed by atoms with van der Waals surface area (Å²) >= 11 is 0. The zero-order valence-electron chi connectivity index (χ0n) is 16.0. The molecule has 28 heavy (non-hydrogen) atoms. The van der Waals surface area contributed by atoms with E-state index in [4.69, 9.17) is 4.74 Å². The lowest BCUT2D eigenvalue weighted by Gasteiger charge is -2.20. The van der Waals surface area contributed by atoms with Gasteiger partial charge in [0.2, 0.25) is 0 Å². The van der Waals surface area contributed by atoms with Crippen molar-refractivity contribution in [1.82, 2.24) is 15.5 Å². The summed E-state index contributed by atoms with van der Waals surface area (Å²) < 4.78 is 4.84. The van der Waals surface area contributed by atoms with Gasteiger partial charge < -0.3 is 10.1 Å². The van der Waals surface area contributed by atoms with Crippen molar-refractivity contribution in [2.75, 3.05) is 13.2 Å². The molecular weight excluding hydrogens is 366 g/mol. The molecule has 0 unspecified atom stereocenters. The molecule has 1 aliphatic rings. The van der Waals surface area contributed by atoms with Gasteiger partial charge in [-0.15, -0.1) is 0 Å². The molecule has 2 N–H and O–H groups in total. The van der Waals surface area contributed by atoms with Crippen LogP contribution < -0.4 is 10.6 Å². The summed E-state index contributed by atoms with van der Waals surface area (Å²) in [5.74, 6) is -2.53. The number of ether oxygens (including phenoxy) is 1. The van der Waals surface area contributed by atoms with Crippen molar-refractivity contribution < 1.29 is 28.7 Å². The Hall–Kier alpha value is -3.23. The molecule has 0 spiro atoms. The van der Waals surface area contributed by atoms with Gasteiger partial charge >= 0.3 is 12.0 Å². The third kappa shape index (κ3) is 4.93. The molecule has 0 saturated heterocycles. The van der Waals surface area contributed by atoms with Crippen LogP contribution >= 0.6 is 0 Å². The Morgan fingerprint density at radius 3 is 2.14 bits per heavy atom. The van der Waals surface area contributed by atoms with Gasteiger partial charge in [0.05, 0.1) is 11.1 Å². The molecule has 0 bridgehead atoms. The highest BCUT2D eigenvalue weighted by molar-refractivity contribution is 6.22. The van der Waals surface area contributed by atoms with Gasteiger partial charge in [-0.3, -0.25) is 24.6 Å². The number of urea groups is 1. The number of rotatable bonds is 7. The number of esters is 1. The van der Waals surface area contributed by atoms with E-state index in [1.807, 2.05) is 19.2 Å². The molecule has 150 valence electrons. The number of nitrogens with zero attached hydrogens (tertiary/aromatic N) is 1. The molecule has 0 aliphatic carbocycles. The van der Waals surface area contributed by atoms with E-state index in [1.165, 1.54) is 19.1 Å². The van der Waals surface area contributed by atoms with Gasteiger partial charge in [-0.25, -0.2) is 9.59 Å². The van der Waals surface area contributed by atoms with E-state index in [0.717, 1.165) is 11.3 Å². The molecule has 1 aromatic rings. The lowest BCUT2D eigenvalue weighted by atomic mass is 10.1. The van der Waals surface area contributed by atoms with Crippen LogP contribution in [0.1, 0.15) is 47.9 Å². The SMILES string of the molecule is CC(C)CCNC(=O)NC(=O)COC(=O)[C@@H](C)N1C(=O)c2ccccc2C1=O. The quantitative estimate of drug-likeness (QED) is 0.532. The number of amides is 5. The lowest BCUT2D eigenvalue weighted by Crippen LogP contribution is -2.45. The minimum absolute atomic E-state index is 0.211. The topological polar surface area (TPSA) is 122 Å². The number of nitrogens with one attached hydrogen (secondary N) is 2. The van der Waals surface area contributed by atoms with Gasteiger partial charge in [0, 0.05) is 6.54 Å². The average molecular weight is 389 g/mol. The molecule has 0 aromatic heterocycles. The molecular formula is C19H23N3O6. The number of carbonyl (C=O) groups excluding carboxylic acids is 5. The number of imide groups is 2. The Bertz CT molecular complexity index is 770. The smallest absolute Gasteiger partial charge is 0.329 e. The van der Waals surface area contributed by atoms with E-state index in [1.54, 1.807) is 12.1 Å². The molecule has 1 atom stereocenters. The second-order valence-corrected chi connectivity index (χ2v) is 6.80. The van der Waals surface area contributed by atoms with Crippen molar-refractivity contribution >= 4 is 29.7 Å². The highest BCUT2D eigenvalue weighted by Gasteiger charge is 2.41. The van der Waals surface area contributed by atoms with E-state index >= 15 is 0 Å². The predicted octanol–water partition coefficient (Wildman–Crippen LogP) is 1.09. The third-order valence-electron chi connectivity index (χ3n) is 4.16. The van der Waals surface area contributed by atoms with Crippen molar-refractivity contribution in [2.24, 2.45) is 5.92 Å². The van der Waals surface area contributed by atoms with Gasteiger partial charge in [-0.05, 0) is 31.4 Å². The number of hydrogen-bond acceptors (Lipinski definition) is 6. The van der Waals surface area contributed by atoms with Crippen molar-refractivity contribution in [3.05, 3.63) is 35.4 Å². The van der Waals surface area contributed by atoms with E-state index in [2.05, 4.69) is 5.32 Å². The van der Waals surface area contributed by atoms with E-state index in [0.29, 0.717) is 12.5 Å². The Kier molecular flexibility index (Phi) is 6.86. The summed E-state index contributed by atoms with van der Waals surface area (Å²) in [4.78, 5) is 60.9. The second kappa shape index (κ2) is 9.12. The van der Waals surface area contributed by atoms with Crippen LogP contribution in [-0.4, -0.2) is 53.8 Å². The summed E-state index contributed by atoms with van der Waals surface area (Å²) in [7, 11) is 0. The Morgan fingerprint density at radius 2 is 1.61 bits per heavy atom. The van der Waals surface area contributed by atoms with Crippen LogP contribution in [0.5, 0.6) is 0 Å². The van der Waals surface area contributed by atoms with Crippen LogP contribution in [0.4, 0.5) is 4.79 Å². The molecule has 0 fully saturated rings. The third-order valence-corrected chi connectivity index (χ3v) is 4.16. The van der Waals surface area contributed by atoms with E-state index < -0.39 is 42.4 Å². The average Bonchev–Trinajstić information content (AvgIpc) is 2.90. The molecule has 1 aliphatic heterocycles. The first-order valence-corrected chi connectivity index (χ1v) is 8.93. The maximum atomic E-state index is 12.4. The monoisotopic (exact) mass is 389 g/mol. The van der Waals surface area contributed by atoms with Gasteiger partial charge in [0.15, 0.2) is 6.61 Å². The van der Waals surface area contributed by atoms with Crippen molar-refractivity contribution in [1.29, 1.82) is 0 Å². The maximum absolute atomic E-state index is 12.4. The molecule has 5 amide bonds. The highest BCUT2D eigenvalue weighted by atomic mass is 16.5. The minimum atomic E-state index is -1.21. The molecule has 9 heteroatoms. The highest BCUT2D eigenvalue weighted by Crippen LogP contribution is 2.24. The molecule has 1 aromatic carbocycles. The van der Waals surface area contributed by atoms with Crippen molar-refractivity contribution in [2.45, 2.75) is 33.2 Å². The van der Waals surface area contributed by atoms with Crippen molar-refractivity contribution in [3.63, 3.8) is 0 Å². The predicted molar refractivity (Wildman–Crippen MR) is 98.4 cm³/mol. The fourth-order valence-corrected chi connectivity index (χ4v) is 2.60. The molecule has 9 nitrogen and oxygen atoms in total. The van der Waals surface area contributed by atoms with E-state index in [-0.39, 0.29) is 11.1 Å². The van der Waals surface area contributed by atoms with Gasteiger partial charge in [-0.1, -0.05) is 26.0 Å². The second-order valence-electron chi connectivity index (χ2n) is 6.80. The van der Waals surface area contributed by atoms with Crippen LogP contribution in [0.25, 0.3) is 0 Å². The molecule has 1 heterocycles. The molecule has 2 rings (SSSR count). The van der Waals surface area contributed by atoms with Crippen LogP contribution in [0.3, 0.4) is 0 Å². The Balaban J connectivity index is 1.83. The number of fused-ring (bicyclic) bond motifs is 1. The van der Waals surface area contributed by atoms with Gasteiger partial charge in [0.1, 0.15) is 6.04 Å². The first-order chi connectivity index (χ1) is 13.2. The molecule has 0 radical (unpaired) electrons. The van der Waals surface area contributed by atoms with Crippen LogP contribution in [0.15, 0.2) is 24.3 Å². The van der Waals surface area contributed by atoms with Gasteiger partial charge in [-0.2, -0.15) is 0 Å². The minimum Gasteiger partial charge on any atom is -0.454 e. The van der Waals surface area contributed by atoms with Crippen LogP contribution in [0.2, 0.25) is 0 Å². The fraction of sp³-hybridized carbons (Fsp3) is 0.421. The normalized spacial score (nSPS) is 13.9. The zero-order chi connectivity index (χ0) is 20.8. The summed E-state index contributed by atoms with van der Waals surface area (Å²) in [6, 6.07) is 4.34. The standard InChI is InChI=1S/C19H23N3O6/c1-11(2)8-9-20-19(27)21-15(23)10-28-18(26)12(3)22-16(24)13-6-4-5-7-14(13)17(22)25/h4-7,11-12H,8-10H2,1-3H3,(H2,20,21,23,27)/t12-/m1/s1. The first kappa shape index (κ1) is 21.1. The van der Waals surface area contributed by atoms with E-state index in [9.17, 15) is 24.0 Å². The fourth-order valence-electron chi connectivity index (χ4n) is 2.60. The molecule has 0 saturated carbocycles. The Labute approximate surface area is 162 Å². The van der Waals surface area contributed by atoms with Crippen LogP contribution in [-0.2, 0) is 14.3 Å². The first-order valence-electron chi connectivity index (χ1n) is 8.93. The number of carbonyl (C=O) groups is 5. The van der Waals surface area contributed by atoms with Crippen LogP contribution in [0, 0.1) is 5.92 Å². The Morgan fingerprint density at radius 1 is 1.04 bits per heavy atom. The maximum Gasteiger partial charge on any atom is 0.329 e. The summed E-state index contributed by atoms with van der Waals surface area (Å²) in [5, 5.41) is 4.55. The summed E-state index contributed by atoms with van der Waals surface area (Å²) in [6.45, 7) is 5.04. The largest absolute Gasteiger partial charge is 0.454 e. The zero-order valence-corrected chi connectivity index (χ0v) is 16.0. The summed E-state index contributed by atoms with van der Waals surface area (Å²) in [6.07, 6.45) is 0.758. The number of benzene rings is 1. The van der Waals surface area contributed by atoms with Crippen molar-refractivity contribution in [3.8, 4) is 0 Å². The lowest BCUT2D eigenvalue weighted by molar-refractivity contribution is -0.151. The van der Waals surface area contributed by atoms with Gasteiger partial charge in [0.25, 0.3) is 17.7 Å².